The number of rotatable bonds is 3. The van der Waals surface area contributed by atoms with Crippen molar-refractivity contribution in [1.29, 1.82) is 0 Å². The Morgan fingerprint density at radius 3 is 2.61 bits per heavy atom. The predicted molar refractivity (Wildman–Crippen MR) is 71.3 cm³/mol. The zero-order chi connectivity index (χ0) is 13.1. The molecule has 1 aromatic rings. The number of amides is 1. The van der Waals surface area contributed by atoms with E-state index in [1.54, 1.807) is 0 Å². The van der Waals surface area contributed by atoms with Gasteiger partial charge >= 0.3 is 0 Å². The lowest BCUT2D eigenvalue weighted by molar-refractivity contribution is -0.133. The minimum absolute atomic E-state index is 0.0843. The second-order valence-corrected chi connectivity index (χ2v) is 5.10. The van der Waals surface area contributed by atoms with Gasteiger partial charge in [0.15, 0.2) is 0 Å². The highest BCUT2D eigenvalue weighted by Gasteiger charge is 2.34. The average molecular weight is 247 g/mol. The van der Waals surface area contributed by atoms with Crippen molar-refractivity contribution in [3.63, 3.8) is 0 Å². The molecule has 1 aromatic carbocycles. The number of hydrogen-bond acceptors (Lipinski definition) is 2. The van der Waals surface area contributed by atoms with Crippen molar-refractivity contribution in [2.24, 2.45) is 0 Å². The molecule has 3 heteroatoms. The summed E-state index contributed by atoms with van der Waals surface area (Å²) in [6, 6.07) is 10.0. The van der Waals surface area contributed by atoms with Crippen molar-refractivity contribution >= 4 is 5.91 Å². The summed E-state index contributed by atoms with van der Waals surface area (Å²) in [5, 5.41) is 9.65. The van der Waals surface area contributed by atoms with Crippen LogP contribution in [0.2, 0.25) is 0 Å². The van der Waals surface area contributed by atoms with Crippen molar-refractivity contribution in [2.45, 2.75) is 44.8 Å². The maximum Gasteiger partial charge on any atom is 0.230 e. The zero-order valence-corrected chi connectivity index (χ0v) is 11.0. The summed E-state index contributed by atoms with van der Waals surface area (Å²) in [4.78, 5) is 14.4. The molecule has 1 fully saturated rings. The van der Waals surface area contributed by atoms with Crippen LogP contribution in [0, 0.1) is 0 Å². The third-order valence-electron chi connectivity index (χ3n) is 3.74. The summed E-state index contributed by atoms with van der Waals surface area (Å²) in [7, 11) is 0. The second-order valence-electron chi connectivity index (χ2n) is 5.10. The fraction of sp³-hybridized carbons (Fsp3) is 0.533. The van der Waals surface area contributed by atoms with Crippen LogP contribution in [0.15, 0.2) is 30.3 Å². The quantitative estimate of drug-likeness (QED) is 0.889. The molecule has 0 radical (unpaired) electrons. The van der Waals surface area contributed by atoms with Crippen LogP contribution in [0.1, 0.15) is 38.2 Å². The first-order valence-electron chi connectivity index (χ1n) is 6.67. The van der Waals surface area contributed by atoms with E-state index in [1.807, 2.05) is 49.1 Å². The van der Waals surface area contributed by atoms with Gasteiger partial charge in [0, 0.05) is 12.6 Å². The molecule has 0 aromatic heterocycles. The summed E-state index contributed by atoms with van der Waals surface area (Å²) in [5.74, 6) is 0.0618. The first-order chi connectivity index (χ1) is 8.63. The standard InChI is InChI=1S/C15H21NO2/c1-3-14(12-7-5-4-6-8-12)15(18)16-10-13(17)9-11(16)2/h4-8,11,13-14,17H,3,9-10H2,1-2H3/t11-,13+,14-/m0/s1. The van der Waals surface area contributed by atoms with Crippen LogP contribution in [0.25, 0.3) is 0 Å². The molecule has 2 rings (SSSR count). The van der Waals surface area contributed by atoms with E-state index >= 15 is 0 Å². The summed E-state index contributed by atoms with van der Waals surface area (Å²) >= 11 is 0. The molecular formula is C15H21NO2. The van der Waals surface area contributed by atoms with Crippen LogP contribution in [0.4, 0.5) is 0 Å². The molecule has 3 atom stereocenters. The van der Waals surface area contributed by atoms with Gasteiger partial charge in [-0.25, -0.2) is 0 Å². The molecule has 0 aliphatic carbocycles. The summed E-state index contributed by atoms with van der Waals surface area (Å²) in [5.41, 5.74) is 1.07. The molecule has 1 saturated heterocycles. The van der Waals surface area contributed by atoms with Crippen LogP contribution in [0.3, 0.4) is 0 Å². The van der Waals surface area contributed by atoms with Gasteiger partial charge in [-0.1, -0.05) is 37.3 Å². The highest BCUT2D eigenvalue weighted by atomic mass is 16.3. The normalized spacial score (nSPS) is 25.2. The van der Waals surface area contributed by atoms with Crippen LogP contribution in [0.5, 0.6) is 0 Å². The Morgan fingerprint density at radius 2 is 2.11 bits per heavy atom. The van der Waals surface area contributed by atoms with Crippen molar-refractivity contribution in [3.05, 3.63) is 35.9 Å². The molecule has 1 aliphatic heterocycles. The minimum atomic E-state index is -0.364. The lowest BCUT2D eigenvalue weighted by atomic mass is 9.95. The van der Waals surface area contributed by atoms with Gasteiger partial charge in [0.2, 0.25) is 5.91 Å². The Bertz CT molecular complexity index is 404. The van der Waals surface area contributed by atoms with E-state index in [0.29, 0.717) is 13.0 Å². The highest BCUT2D eigenvalue weighted by molar-refractivity contribution is 5.84. The maximum atomic E-state index is 12.5. The molecule has 1 aliphatic rings. The van der Waals surface area contributed by atoms with E-state index in [9.17, 15) is 9.90 Å². The van der Waals surface area contributed by atoms with Gasteiger partial charge in [-0.3, -0.25) is 4.79 Å². The summed E-state index contributed by atoms with van der Waals surface area (Å²) in [6.45, 7) is 4.52. The number of benzene rings is 1. The molecule has 1 amide bonds. The monoisotopic (exact) mass is 247 g/mol. The van der Waals surface area contributed by atoms with E-state index in [4.69, 9.17) is 0 Å². The van der Waals surface area contributed by atoms with E-state index < -0.39 is 0 Å². The lowest BCUT2D eigenvalue weighted by Gasteiger charge is -2.26. The van der Waals surface area contributed by atoms with Crippen molar-refractivity contribution < 1.29 is 9.90 Å². The van der Waals surface area contributed by atoms with Gasteiger partial charge < -0.3 is 10.0 Å². The van der Waals surface area contributed by atoms with Crippen molar-refractivity contribution in [1.82, 2.24) is 4.90 Å². The molecular weight excluding hydrogens is 226 g/mol. The fourth-order valence-corrected chi connectivity index (χ4v) is 2.75. The molecule has 18 heavy (non-hydrogen) atoms. The van der Waals surface area contributed by atoms with E-state index in [-0.39, 0.29) is 24.0 Å². The highest BCUT2D eigenvalue weighted by Crippen LogP contribution is 2.26. The third kappa shape index (κ3) is 2.56. The van der Waals surface area contributed by atoms with Gasteiger partial charge in [-0.05, 0) is 25.3 Å². The molecule has 0 unspecified atom stereocenters. The predicted octanol–water partition coefficient (Wildman–Crippen LogP) is 2.16. The molecule has 98 valence electrons. The largest absolute Gasteiger partial charge is 0.391 e. The van der Waals surface area contributed by atoms with Crippen LogP contribution < -0.4 is 0 Å². The number of carbonyl (C=O) groups excluding carboxylic acids is 1. The summed E-state index contributed by atoms with van der Waals surface area (Å²) < 4.78 is 0. The SMILES string of the molecule is CC[C@H](C(=O)N1C[C@H](O)C[C@@H]1C)c1ccccc1. The third-order valence-corrected chi connectivity index (χ3v) is 3.74. The van der Waals surface area contributed by atoms with E-state index in [0.717, 1.165) is 12.0 Å². The van der Waals surface area contributed by atoms with Crippen molar-refractivity contribution in [2.75, 3.05) is 6.54 Å². The van der Waals surface area contributed by atoms with Gasteiger partial charge in [0.1, 0.15) is 0 Å². The van der Waals surface area contributed by atoms with Crippen LogP contribution in [-0.2, 0) is 4.79 Å². The van der Waals surface area contributed by atoms with Crippen LogP contribution in [-0.4, -0.2) is 34.6 Å². The molecule has 3 nitrogen and oxygen atoms in total. The average Bonchev–Trinajstić information content (AvgIpc) is 2.70. The first kappa shape index (κ1) is 13.1. The Hall–Kier alpha value is -1.35. The number of carbonyl (C=O) groups is 1. The number of likely N-dealkylation sites (tertiary alicyclic amines) is 1. The molecule has 0 bridgehead atoms. The Balaban J connectivity index is 2.16. The van der Waals surface area contributed by atoms with E-state index in [1.165, 1.54) is 0 Å². The topological polar surface area (TPSA) is 40.5 Å². The number of β-amino-alcohol motifs (C(OH)–C–C–N with tert-alkyl or cyclic N) is 1. The molecule has 0 saturated carbocycles. The minimum Gasteiger partial charge on any atom is -0.391 e. The van der Waals surface area contributed by atoms with Gasteiger partial charge in [0.25, 0.3) is 0 Å². The first-order valence-corrected chi connectivity index (χ1v) is 6.67. The fourth-order valence-electron chi connectivity index (χ4n) is 2.75. The Kier molecular flexibility index (Phi) is 4.02. The number of nitrogens with zero attached hydrogens (tertiary/aromatic N) is 1. The van der Waals surface area contributed by atoms with Gasteiger partial charge in [0.05, 0.1) is 12.0 Å². The lowest BCUT2D eigenvalue weighted by Crippen LogP contribution is -2.37. The Labute approximate surface area is 108 Å². The maximum absolute atomic E-state index is 12.5. The zero-order valence-electron chi connectivity index (χ0n) is 11.0. The van der Waals surface area contributed by atoms with E-state index in [2.05, 4.69) is 0 Å². The van der Waals surface area contributed by atoms with Gasteiger partial charge in [-0.2, -0.15) is 0 Å². The second kappa shape index (κ2) is 5.53. The van der Waals surface area contributed by atoms with Gasteiger partial charge in [-0.15, -0.1) is 0 Å². The molecule has 1 heterocycles. The number of hydrogen-bond donors (Lipinski definition) is 1. The number of aliphatic hydroxyl groups is 1. The van der Waals surface area contributed by atoms with Crippen LogP contribution >= 0.6 is 0 Å². The van der Waals surface area contributed by atoms with Crippen molar-refractivity contribution in [3.8, 4) is 0 Å². The Morgan fingerprint density at radius 1 is 1.44 bits per heavy atom. The number of aliphatic hydroxyl groups excluding tert-OH is 1. The summed E-state index contributed by atoms with van der Waals surface area (Å²) in [6.07, 6.45) is 1.12. The smallest absolute Gasteiger partial charge is 0.230 e. The molecule has 0 spiro atoms. The molecule has 1 N–H and O–H groups in total.